The Kier molecular flexibility index (Phi) is 2.90. The molecule has 1 fully saturated rings. The maximum Gasteiger partial charge on any atom is 0.212 e. The largest absolute Gasteiger partial charge is 0.212 e. The Balaban J connectivity index is 2.36. The molecule has 11 heavy (non-hydrogen) atoms. The van der Waals surface area contributed by atoms with Crippen molar-refractivity contribution < 1.29 is 8.42 Å². The second kappa shape index (κ2) is 3.54. The van der Waals surface area contributed by atoms with Gasteiger partial charge in [0.25, 0.3) is 0 Å². The Morgan fingerprint density at radius 1 is 1.18 bits per heavy atom. The van der Waals surface area contributed by atoms with Crippen LogP contribution in [0.25, 0.3) is 0 Å². The van der Waals surface area contributed by atoms with Crippen LogP contribution in [0.1, 0.15) is 32.1 Å². The van der Waals surface area contributed by atoms with Gasteiger partial charge in [-0.25, -0.2) is 13.1 Å². The van der Waals surface area contributed by atoms with E-state index in [1.165, 1.54) is 6.42 Å². The van der Waals surface area contributed by atoms with Crippen molar-refractivity contribution in [3.8, 4) is 0 Å². The molecular formula is C7H14NO2S. The molecule has 0 spiro atoms. The average Bonchev–Trinajstić information content (AvgIpc) is 1.85. The lowest BCUT2D eigenvalue weighted by Gasteiger charge is -2.21. The summed E-state index contributed by atoms with van der Waals surface area (Å²) in [5.74, 6) is 0. The van der Waals surface area contributed by atoms with Crippen LogP contribution in [-0.2, 0) is 10.0 Å². The smallest absolute Gasteiger partial charge is 0.212 e. The molecule has 65 valence electrons. The van der Waals surface area contributed by atoms with E-state index in [9.17, 15) is 8.42 Å². The van der Waals surface area contributed by atoms with Gasteiger partial charge in [-0.15, -0.1) is 0 Å². The predicted molar refractivity (Wildman–Crippen MR) is 44.3 cm³/mol. The normalized spacial score (nSPS) is 21.9. The quantitative estimate of drug-likeness (QED) is 0.683. The zero-order valence-corrected chi connectivity index (χ0v) is 7.36. The van der Waals surface area contributed by atoms with Crippen LogP contribution in [-0.4, -0.2) is 14.5 Å². The fraction of sp³-hybridized carbons (Fsp3) is 0.857. The van der Waals surface area contributed by atoms with Gasteiger partial charge in [0.2, 0.25) is 10.0 Å². The third kappa shape index (κ3) is 3.72. The van der Waals surface area contributed by atoms with Crippen molar-refractivity contribution in [2.45, 2.75) is 38.1 Å². The molecule has 0 atom stereocenters. The van der Waals surface area contributed by atoms with Gasteiger partial charge in [0.15, 0.2) is 0 Å². The molecule has 1 N–H and O–H groups in total. The summed E-state index contributed by atoms with van der Waals surface area (Å²) < 4.78 is 23.9. The van der Waals surface area contributed by atoms with Crippen LogP contribution in [0, 0.1) is 6.26 Å². The molecule has 1 saturated carbocycles. The molecule has 3 nitrogen and oxygen atoms in total. The predicted octanol–water partition coefficient (Wildman–Crippen LogP) is 1.03. The van der Waals surface area contributed by atoms with E-state index < -0.39 is 10.0 Å². The van der Waals surface area contributed by atoms with Gasteiger partial charge in [-0.1, -0.05) is 19.3 Å². The van der Waals surface area contributed by atoms with Crippen LogP contribution in [0.3, 0.4) is 0 Å². The lowest BCUT2D eigenvalue weighted by molar-refractivity contribution is 0.413. The Morgan fingerprint density at radius 2 is 1.73 bits per heavy atom. The molecule has 0 unspecified atom stereocenters. The molecule has 1 radical (unpaired) electrons. The fourth-order valence-corrected chi connectivity index (χ4v) is 2.22. The van der Waals surface area contributed by atoms with Crippen molar-refractivity contribution in [2.24, 2.45) is 0 Å². The number of rotatable bonds is 2. The molecule has 0 amide bonds. The highest BCUT2D eigenvalue weighted by Gasteiger charge is 2.16. The van der Waals surface area contributed by atoms with E-state index in [0.717, 1.165) is 25.7 Å². The first-order valence-electron chi connectivity index (χ1n) is 3.93. The summed E-state index contributed by atoms with van der Waals surface area (Å²) in [4.78, 5) is 0. The molecule has 0 heterocycles. The Morgan fingerprint density at radius 3 is 2.18 bits per heavy atom. The highest BCUT2D eigenvalue weighted by Crippen LogP contribution is 2.17. The van der Waals surface area contributed by atoms with Crippen molar-refractivity contribution >= 4 is 10.0 Å². The Bertz CT molecular complexity index is 204. The standard InChI is InChI=1S/C7H14NO2S/c1-11(9,10)8-7-5-3-2-4-6-7/h7-8H,1-6H2. The van der Waals surface area contributed by atoms with Crippen LogP contribution in [0.4, 0.5) is 0 Å². The van der Waals surface area contributed by atoms with Gasteiger partial charge in [-0.05, 0) is 12.8 Å². The first-order valence-corrected chi connectivity index (χ1v) is 5.58. The number of hydrogen-bond donors (Lipinski definition) is 1. The summed E-state index contributed by atoms with van der Waals surface area (Å²) in [6.45, 7) is 0. The molecule has 1 aliphatic carbocycles. The Labute approximate surface area is 68.2 Å². The van der Waals surface area contributed by atoms with Gasteiger partial charge in [0, 0.05) is 6.04 Å². The molecule has 0 bridgehead atoms. The van der Waals surface area contributed by atoms with Gasteiger partial charge >= 0.3 is 0 Å². The second-order valence-corrected chi connectivity index (χ2v) is 4.53. The van der Waals surface area contributed by atoms with Crippen molar-refractivity contribution in [3.05, 3.63) is 6.26 Å². The summed E-state index contributed by atoms with van der Waals surface area (Å²) >= 11 is 0. The third-order valence-electron chi connectivity index (χ3n) is 1.95. The lowest BCUT2D eigenvalue weighted by atomic mass is 9.96. The molecule has 1 rings (SSSR count). The molecule has 0 saturated heterocycles. The van der Waals surface area contributed by atoms with Crippen molar-refractivity contribution in [2.75, 3.05) is 0 Å². The van der Waals surface area contributed by atoms with Gasteiger partial charge < -0.3 is 0 Å². The summed E-state index contributed by atoms with van der Waals surface area (Å²) in [6.07, 6.45) is 8.46. The van der Waals surface area contributed by atoms with Crippen LogP contribution in [0.5, 0.6) is 0 Å². The van der Waals surface area contributed by atoms with E-state index in [2.05, 4.69) is 11.0 Å². The van der Waals surface area contributed by atoms with E-state index >= 15 is 0 Å². The molecule has 4 heteroatoms. The SMILES string of the molecule is [CH2]S(=O)(=O)NC1CCCCC1. The number of hydrogen-bond acceptors (Lipinski definition) is 2. The van der Waals surface area contributed by atoms with Crippen molar-refractivity contribution in [3.63, 3.8) is 0 Å². The van der Waals surface area contributed by atoms with Crippen LogP contribution < -0.4 is 4.72 Å². The lowest BCUT2D eigenvalue weighted by Crippen LogP contribution is -2.34. The van der Waals surface area contributed by atoms with E-state index in [4.69, 9.17) is 0 Å². The number of sulfonamides is 1. The molecule has 0 aromatic rings. The maximum atomic E-state index is 10.7. The molecular weight excluding hydrogens is 162 g/mol. The first kappa shape index (κ1) is 9.00. The second-order valence-electron chi connectivity index (χ2n) is 3.07. The zero-order chi connectivity index (χ0) is 8.32. The number of nitrogens with one attached hydrogen (secondary N) is 1. The summed E-state index contributed by atoms with van der Waals surface area (Å²) in [5, 5.41) is 0. The van der Waals surface area contributed by atoms with Crippen molar-refractivity contribution in [1.29, 1.82) is 0 Å². The van der Waals surface area contributed by atoms with Gasteiger partial charge in [0.05, 0.1) is 6.26 Å². The third-order valence-corrected chi connectivity index (χ3v) is 2.64. The van der Waals surface area contributed by atoms with Crippen molar-refractivity contribution in [1.82, 2.24) is 4.72 Å². The fourth-order valence-electron chi connectivity index (χ4n) is 1.47. The molecule has 0 aromatic heterocycles. The molecule has 0 aliphatic heterocycles. The van der Waals surface area contributed by atoms with E-state index in [-0.39, 0.29) is 6.04 Å². The minimum atomic E-state index is -3.22. The average molecular weight is 176 g/mol. The zero-order valence-electron chi connectivity index (χ0n) is 6.54. The molecule has 1 aliphatic rings. The Hall–Kier alpha value is -0.0900. The van der Waals surface area contributed by atoms with Crippen LogP contribution in [0.15, 0.2) is 0 Å². The van der Waals surface area contributed by atoms with Gasteiger partial charge in [0.1, 0.15) is 0 Å². The highest BCUT2D eigenvalue weighted by molar-refractivity contribution is 7.90. The summed E-state index contributed by atoms with van der Waals surface area (Å²) in [6, 6.07) is 0.145. The summed E-state index contributed by atoms with van der Waals surface area (Å²) in [7, 11) is -3.22. The minimum absolute atomic E-state index is 0.145. The molecule has 0 aromatic carbocycles. The minimum Gasteiger partial charge on any atom is -0.212 e. The van der Waals surface area contributed by atoms with Gasteiger partial charge in [-0.2, -0.15) is 0 Å². The first-order chi connectivity index (χ1) is 5.08. The van der Waals surface area contributed by atoms with E-state index in [0.29, 0.717) is 0 Å². The summed E-state index contributed by atoms with van der Waals surface area (Å²) in [5.41, 5.74) is 0. The van der Waals surface area contributed by atoms with Crippen LogP contribution in [0.2, 0.25) is 0 Å². The van der Waals surface area contributed by atoms with E-state index in [1.807, 2.05) is 0 Å². The van der Waals surface area contributed by atoms with Crippen LogP contribution >= 0.6 is 0 Å². The highest BCUT2D eigenvalue weighted by atomic mass is 32.2. The topological polar surface area (TPSA) is 46.2 Å². The van der Waals surface area contributed by atoms with E-state index in [1.54, 1.807) is 0 Å². The van der Waals surface area contributed by atoms with Gasteiger partial charge in [-0.3, -0.25) is 0 Å². The monoisotopic (exact) mass is 176 g/mol. The maximum absolute atomic E-state index is 10.7.